The Bertz CT molecular complexity index is 1480. The Balaban J connectivity index is 1.39. The molecule has 38 heavy (non-hydrogen) atoms. The summed E-state index contributed by atoms with van der Waals surface area (Å²) in [5.41, 5.74) is 4.74. The van der Waals surface area contributed by atoms with Crippen LogP contribution >= 0.6 is 0 Å². The first-order valence-corrected chi connectivity index (χ1v) is 13.6. The number of hydrogen-bond acceptors (Lipinski definition) is 6. The van der Waals surface area contributed by atoms with Crippen molar-refractivity contribution in [1.82, 2.24) is 30.1 Å². The van der Waals surface area contributed by atoms with Crippen LogP contribution in [0.1, 0.15) is 66.7 Å². The van der Waals surface area contributed by atoms with Gasteiger partial charge in [-0.2, -0.15) is 0 Å². The minimum absolute atomic E-state index is 0.107. The zero-order valence-corrected chi connectivity index (χ0v) is 22.0. The smallest absolute Gasteiger partial charge is 0.253 e. The fourth-order valence-electron chi connectivity index (χ4n) is 6.05. The van der Waals surface area contributed by atoms with Gasteiger partial charge in [-0.25, -0.2) is 9.07 Å². The number of anilines is 1. The molecule has 0 radical (unpaired) electrons. The second-order valence-electron chi connectivity index (χ2n) is 10.8. The van der Waals surface area contributed by atoms with E-state index in [-0.39, 0.29) is 23.5 Å². The Morgan fingerprint density at radius 3 is 2.39 bits per heavy atom. The molecule has 1 saturated heterocycles. The topological polar surface area (TPSA) is 82.9 Å². The average Bonchev–Trinajstić information content (AvgIpc) is 3.41. The van der Waals surface area contributed by atoms with Crippen molar-refractivity contribution in [1.29, 1.82) is 0 Å². The molecule has 1 aliphatic heterocycles. The molecular formula is C29H34FN7O. The van der Waals surface area contributed by atoms with Gasteiger partial charge in [0.25, 0.3) is 5.56 Å². The van der Waals surface area contributed by atoms with Crippen LogP contribution in [0, 0.1) is 19.7 Å². The number of aryl methyl sites for hydroxylation is 2. The van der Waals surface area contributed by atoms with Gasteiger partial charge in [-0.05, 0) is 96.1 Å². The van der Waals surface area contributed by atoms with E-state index in [0.717, 1.165) is 67.0 Å². The van der Waals surface area contributed by atoms with Gasteiger partial charge in [-0.1, -0.05) is 19.3 Å². The average molecular weight is 516 g/mol. The quantitative estimate of drug-likeness (QED) is 0.415. The molecule has 0 amide bonds. The molecule has 6 rings (SSSR count). The van der Waals surface area contributed by atoms with Gasteiger partial charge in [0.1, 0.15) is 11.9 Å². The predicted octanol–water partition coefficient (Wildman–Crippen LogP) is 4.69. The number of pyridine rings is 1. The van der Waals surface area contributed by atoms with Crippen molar-refractivity contribution >= 4 is 16.6 Å². The third-order valence-electron chi connectivity index (χ3n) is 8.34. The molecule has 2 fully saturated rings. The van der Waals surface area contributed by atoms with E-state index in [2.05, 4.69) is 50.2 Å². The molecule has 3 heterocycles. The second kappa shape index (κ2) is 10.3. The van der Waals surface area contributed by atoms with Crippen molar-refractivity contribution in [2.75, 3.05) is 31.1 Å². The Labute approximate surface area is 221 Å². The Kier molecular flexibility index (Phi) is 6.69. The number of rotatable bonds is 5. The van der Waals surface area contributed by atoms with Gasteiger partial charge in [0, 0.05) is 42.9 Å². The molecule has 2 aromatic carbocycles. The van der Waals surface area contributed by atoms with Crippen molar-refractivity contribution in [3.8, 4) is 0 Å². The molecular weight excluding hydrogens is 481 g/mol. The summed E-state index contributed by atoms with van der Waals surface area (Å²) in [6.07, 6.45) is 5.68. The Morgan fingerprint density at radius 1 is 0.947 bits per heavy atom. The van der Waals surface area contributed by atoms with Crippen LogP contribution in [-0.4, -0.2) is 56.3 Å². The van der Waals surface area contributed by atoms with Gasteiger partial charge in [0.15, 0.2) is 5.82 Å². The van der Waals surface area contributed by atoms with E-state index < -0.39 is 0 Å². The summed E-state index contributed by atoms with van der Waals surface area (Å²) in [6, 6.07) is 12.7. The Hall–Kier alpha value is -3.59. The molecule has 1 atom stereocenters. The van der Waals surface area contributed by atoms with Gasteiger partial charge >= 0.3 is 0 Å². The van der Waals surface area contributed by atoms with Crippen LogP contribution in [0.25, 0.3) is 10.9 Å². The first-order chi connectivity index (χ1) is 18.5. The highest BCUT2D eigenvalue weighted by molar-refractivity contribution is 5.81. The fourth-order valence-corrected chi connectivity index (χ4v) is 6.05. The molecule has 198 valence electrons. The maximum Gasteiger partial charge on any atom is 0.253 e. The van der Waals surface area contributed by atoms with Crippen LogP contribution in [0.5, 0.6) is 0 Å². The van der Waals surface area contributed by atoms with Gasteiger partial charge in [-0.15, -0.1) is 5.10 Å². The largest absolute Gasteiger partial charge is 0.369 e. The number of nitrogens with one attached hydrogen (secondary N) is 1. The minimum Gasteiger partial charge on any atom is -0.369 e. The maximum absolute atomic E-state index is 13.6. The number of fused-ring (bicyclic) bond motifs is 1. The summed E-state index contributed by atoms with van der Waals surface area (Å²) in [4.78, 5) is 21.3. The number of benzene rings is 2. The second-order valence-corrected chi connectivity index (χ2v) is 10.8. The molecule has 2 aromatic heterocycles. The maximum atomic E-state index is 13.6. The van der Waals surface area contributed by atoms with Crippen molar-refractivity contribution in [2.24, 2.45) is 0 Å². The molecule has 2 aliphatic rings. The van der Waals surface area contributed by atoms with E-state index in [1.54, 1.807) is 0 Å². The number of nitrogens with zero attached hydrogens (tertiary/aromatic N) is 6. The number of piperazine rings is 1. The molecule has 1 saturated carbocycles. The van der Waals surface area contributed by atoms with Crippen LogP contribution < -0.4 is 10.5 Å². The molecule has 8 nitrogen and oxygen atoms in total. The number of aromatic nitrogens is 5. The lowest BCUT2D eigenvalue weighted by molar-refractivity contribution is 0.192. The summed E-state index contributed by atoms with van der Waals surface area (Å²) in [5.74, 6) is 0.503. The van der Waals surface area contributed by atoms with Crippen LogP contribution in [0.4, 0.5) is 10.1 Å². The van der Waals surface area contributed by atoms with E-state index in [9.17, 15) is 9.18 Å². The molecule has 9 heteroatoms. The van der Waals surface area contributed by atoms with E-state index in [1.165, 1.54) is 37.0 Å². The SMILES string of the molecule is Cc1cc2cc([C@@H](c3nnnn3C3CCCCC3)N3CCN(c4ccc(F)cc4)CC3)c(=O)[nH]c2cc1C. The highest BCUT2D eigenvalue weighted by Crippen LogP contribution is 2.34. The summed E-state index contributed by atoms with van der Waals surface area (Å²) in [6.45, 7) is 7.12. The number of tetrazole rings is 1. The Morgan fingerprint density at radius 2 is 1.66 bits per heavy atom. The zero-order valence-electron chi connectivity index (χ0n) is 22.0. The van der Waals surface area contributed by atoms with Crippen molar-refractivity contribution in [3.63, 3.8) is 0 Å². The normalized spacial score (nSPS) is 18.2. The number of halogens is 1. The highest BCUT2D eigenvalue weighted by Gasteiger charge is 2.34. The van der Waals surface area contributed by atoms with E-state index >= 15 is 0 Å². The lowest BCUT2D eigenvalue weighted by Crippen LogP contribution is -2.49. The fraction of sp³-hybridized carbons (Fsp3) is 0.448. The summed E-state index contributed by atoms with van der Waals surface area (Å²) in [5, 5.41) is 14.1. The molecule has 0 spiro atoms. The molecule has 4 aromatic rings. The van der Waals surface area contributed by atoms with Crippen LogP contribution in [-0.2, 0) is 0 Å². The van der Waals surface area contributed by atoms with Crippen molar-refractivity contribution in [3.05, 3.63) is 81.2 Å². The van der Waals surface area contributed by atoms with Crippen molar-refractivity contribution < 1.29 is 4.39 Å². The van der Waals surface area contributed by atoms with Gasteiger partial charge in [0.2, 0.25) is 0 Å². The van der Waals surface area contributed by atoms with E-state index in [4.69, 9.17) is 0 Å². The zero-order chi connectivity index (χ0) is 26.2. The first kappa shape index (κ1) is 24.7. The standard InChI is InChI=1S/C29H34FN7O/c1-19-16-21-18-25(29(38)31-26(21)17-20(19)2)27(28-32-33-34-37(28)24-6-4-3-5-7-24)36-14-12-35(13-15-36)23-10-8-22(30)9-11-23/h8-11,16-18,24,27H,3-7,12-15H2,1-2H3,(H,31,38)/t27-/m0/s1. The summed E-state index contributed by atoms with van der Waals surface area (Å²) < 4.78 is 15.5. The van der Waals surface area contributed by atoms with Gasteiger partial charge in [0.05, 0.1) is 6.04 Å². The summed E-state index contributed by atoms with van der Waals surface area (Å²) in [7, 11) is 0. The molecule has 0 unspecified atom stereocenters. The first-order valence-electron chi connectivity index (χ1n) is 13.6. The monoisotopic (exact) mass is 515 g/mol. The van der Waals surface area contributed by atoms with Crippen LogP contribution in [0.15, 0.2) is 47.3 Å². The van der Waals surface area contributed by atoms with Gasteiger partial charge < -0.3 is 9.88 Å². The number of aromatic amines is 1. The van der Waals surface area contributed by atoms with Crippen LogP contribution in [0.2, 0.25) is 0 Å². The predicted molar refractivity (Wildman–Crippen MR) is 146 cm³/mol. The van der Waals surface area contributed by atoms with Crippen molar-refractivity contribution in [2.45, 2.75) is 58.0 Å². The minimum atomic E-state index is -0.364. The van der Waals surface area contributed by atoms with E-state index in [0.29, 0.717) is 5.56 Å². The van der Waals surface area contributed by atoms with E-state index in [1.807, 2.05) is 28.9 Å². The number of H-pyrrole nitrogens is 1. The lowest BCUT2D eigenvalue weighted by Gasteiger charge is -2.40. The molecule has 1 aliphatic carbocycles. The lowest BCUT2D eigenvalue weighted by atomic mass is 9.95. The van der Waals surface area contributed by atoms with Crippen LogP contribution in [0.3, 0.4) is 0 Å². The molecule has 1 N–H and O–H groups in total. The van der Waals surface area contributed by atoms with Gasteiger partial charge in [-0.3, -0.25) is 9.69 Å². The third-order valence-corrected chi connectivity index (χ3v) is 8.34. The summed E-state index contributed by atoms with van der Waals surface area (Å²) >= 11 is 0. The highest BCUT2D eigenvalue weighted by atomic mass is 19.1. The number of hydrogen-bond donors (Lipinski definition) is 1. The molecule has 0 bridgehead atoms. The third kappa shape index (κ3) is 4.71.